The van der Waals surface area contributed by atoms with Crippen LogP contribution in [0.5, 0.6) is 0 Å². The lowest BCUT2D eigenvalue weighted by Crippen LogP contribution is -2.12. The molecule has 0 spiro atoms. The first kappa shape index (κ1) is 13.0. The molecule has 0 saturated heterocycles. The smallest absolute Gasteiger partial charge is 0.352 e. The van der Waals surface area contributed by atoms with Crippen LogP contribution in [-0.2, 0) is 0 Å². The van der Waals surface area contributed by atoms with Crippen molar-refractivity contribution in [1.82, 2.24) is 4.57 Å². The Morgan fingerprint density at radius 3 is 3.06 bits per heavy atom. The van der Waals surface area contributed by atoms with Gasteiger partial charge < -0.3 is 9.67 Å². The second-order valence-electron chi connectivity index (χ2n) is 4.30. The van der Waals surface area contributed by atoms with Gasteiger partial charge in [0.05, 0.1) is 0 Å². The van der Waals surface area contributed by atoms with Crippen molar-refractivity contribution in [1.29, 1.82) is 0 Å². The summed E-state index contributed by atoms with van der Waals surface area (Å²) < 4.78 is 2.77. The van der Waals surface area contributed by atoms with E-state index in [0.29, 0.717) is 17.0 Å². The fourth-order valence-electron chi connectivity index (χ4n) is 2.48. The van der Waals surface area contributed by atoms with Crippen molar-refractivity contribution < 1.29 is 9.90 Å². The molecule has 1 fully saturated rings. The van der Waals surface area contributed by atoms with E-state index in [2.05, 4.69) is 22.9 Å². The minimum absolute atomic E-state index is 0.344. The maximum absolute atomic E-state index is 11.2. The molecule has 1 N–H and O–H groups in total. The average Bonchev–Trinajstić information content (AvgIpc) is 2.85. The third-order valence-electron chi connectivity index (χ3n) is 3.19. The van der Waals surface area contributed by atoms with Crippen LogP contribution in [0.2, 0.25) is 0 Å². The van der Waals surface area contributed by atoms with Gasteiger partial charge in [0.15, 0.2) is 0 Å². The molecular weight excluding hydrogens is 302 g/mol. The number of rotatable bonds is 4. The van der Waals surface area contributed by atoms with E-state index in [0.717, 1.165) is 23.1 Å². The van der Waals surface area contributed by atoms with Gasteiger partial charge in [0.1, 0.15) is 5.69 Å². The van der Waals surface area contributed by atoms with Crippen molar-refractivity contribution in [3.05, 3.63) is 22.4 Å². The number of thioether (sulfide) groups is 1. The van der Waals surface area contributed by atoms with Crippen LogP contribution in [0.3, 0.4) is 0 Å². The number of hydrogen-bond donors (Lipinski definition) is 1. The monoisotopic (exact) mass is 317 g/mol. The Bertz CT molecular complexity index is 419. The number of aromatic nitrogens is 1. The van der Waals surface area contributed by atoms with Crippen LogP contribution in [0.25, 0.3) is 0 Å². The van der Waals surface area contributed by atoms with E-state index < -0.39 is 5.97 Å². The van der Waals surface area contributed by atoms with Crippen LogP contribution in [0.4, 0.5) is 0 Å². The molecule has 17 heavy (non-hydrogen) atoms. The standard InChI is InChI=1S/C12H16BrNO2S/c1-2-17-10-4-3-9(6-10)14-7-8(13)5-11(14)12(15)16/h5,7,9-10H,2-4,6H2,1H3,(H,15,16). The topological polar surface area (TPSA) is 42.2 Å². The maximum atomic E-state index is 11.2. The molecular formula is C12H16BrNO2S. The molecule has 1 aromatic heterocycles. The average molecular weight is 318 g/mol. The second kappa shape index (κ2) is 5.48. The van der Waals surface area contributed by atoms with Crippen molar-refractivity contribution in [3.63, 3.8) is 0 Å². The third-order valence-corrected chi connectivity index (χ3v) is 4.85. The molecule has 2 atom stereocenters. The van der Waals surface area contributed by atoms with E-state index in [4.69, 9.17) is 5.11 Å². The normalized spacial score (nSPS) is 24.1. The minimum atomic E-state index is -0.845. The van der Waals surface area contributed by atoms with Crippen LogP contribution >= 0.6 is 27.7 Å². The molecule has 2 rings (SSSR count). The molecule has 94 valence electrons. The summed E-state index contributed by atoms with van der Waals surface area (Å²) >= 11 is 5.34. The van der Waals surface area contributed by atoms with Crippen LogP contribution in [-0.4, -0.2) is 26.6 Å². The van der Waals surface area contributed by atoms with E-state index in [1.807, 2.05) is 22.5 Å². The van der Waals surface area contributed by atoms with Crippen molar-refractivity contribution in [2.24, 2.45) is 0 Å². The fraction of sp³-hybridized carbons (Fsp3) is 0.583. The predicted octanol–water partition coefficient (Wildman–Crippen LogP) is 3.80. The van der Waals surface area contributed by atoms with E-state index in [9.17, 15) is 4.79 Å². The molecule has 0 radical (unpaired) electrons. The van der Waals surface area contributed by atoms with Gasteiger partial charge in [-0.25, -0.2) is 4.79 Å². The van der Waals surface area contributed by atoms with Gasteiger partial charge in [-0.3, -0.25) is 0 Å². The van der Waals surface area contributed by atoms with Gasteiger partial charge in [0, 0.05) is 22.0 Å². The van der Waals surface area contributed by atoms with Crippen molar-refractivity contribution in [2.45, 2.75) is 37.5 Å². The van der Waals surface area contributed by atoms with Gasteiger partial charge in [0.2, 0.25) is 0 Å². The SMILES string of the molecule is CCSC1CCC(n2cc(Br)cc2C(=O)O)C1. The van der Waals surface area contributed by atoms with Crippen molar-refractivity contribution in [3.8, 4) is 0 Å². The number of nitrogens with zero attached hydrogens (tertiary/aromatic N) is 1. The van der Waals surface area contributed by atoms with Gasteiger partial charge in [-0.1, -0.05) is 6.92 Å². The summed E-state index contributed by atoms with van der Waals surface area (Å²) in [5.74, 6) is 0.292. The highest BCUT2D eigenvalue weighted by atomic mass is 79.9. The number of carbonyl (C=O) groups is 1. The van der Waals surface area contributed by atoms with Crippen LogP contribution in [0.1, 0.15) is 42.7 Å². The summed E-state index contributed by atoms with van der Waals surface area (Å²) in [6.45, 7) is 2.17. The molecule has 1 aliphatic rings. The lowest BCUT2D eigenvalue weighted by molar-refractivity contribution is 0.0682. The molecule has 1 aliphatic carbocycles. The minimum Gasteiger partial charge on any atom is -0.477 e. The number of hydrogen-bond acceptors (Lipinski definition) is 2. The van der Waals surface area contributed by atoms with Gasteiger partial charge in [-0.2, -0.15) is 11.8 Å². The quantitative estimate of drug-likeness (QED) is 0.918. The zero-order valence-electron chi connectivity index (χ0n) is 9.73. The molecule has 0 aromatic carbocycles. The molecule has 0 aliphatic heterocycles. The number of carboxylic acid groups (broad SMARTS) is 1. The molecule has 5 heteroatoms. The maximum Gasteiger partial charge on any atom is 0.352 e. The lowest BCUT2D eigenvalue weighted by atomic mass is 10.2. The molecule has 2 unspecified atom stereocenters. The molecule has 0 bridgehead atoms. The first-order valence-corrected chi connectivity index (χ1v) is 7.68. The Morgan fingerprint density at radius 1 is 1.65 bits per heavy atom. The Labute approximate surface area is 114 Å². The Balaban J connectivity index is 2.15. The zero-order valence-corrected chi connectivity index (χ0v) is 12.1. The summed E-state index contributed by atoms with van der Waals surface area (Å²) in [6, 6.07) is 2.03. The Hall–Kier alpha value is -0.420. The van der Waals surface area contributed by atoms with Crippen molar-refractivity contribution in [2.75, 3.05) is 5.75 Å². The van der Waals surface area contributed by atoms with Gasteiger partial charge >= 0.3 is 5.97 Å². The molecule has 1 heterocycles. The van der Waals surface area contributed by atoms with Crippen molar-refractivity contribution >= 4 is 33.7 Å². The Morgan fingerprint density at radius 2 is 2.41 bits per heavy atom. The van der Waals surface area contributed by atoms with E-state index >= 15 is 0 Å². The summed E-state index contributed by atoms with van der Waals surface area (Å²) in [5.41, 5.74) is 0.393. The summed E-state index contributed by atoms with van der Waals surface area (Å²) in [5, 5.41) is 9.85. The number of aromatic carboxylic acids is 1. The van der Waals surface area contributed by atoms with Crippen LogP contribution < -0.4 is 0 Å². The van der Waals surface area contributed by atoms with Crippen LogP contribution in [0.15, 0.2) is 16.7 Å². The second-order valence-corrected chi connectivity index (χ2v) is 6.79. The number of carboxylic acids is 1. The van der Waals surface area contributed by atoms with Crippen LogP contribution in [0, 0.1) is 0 Å². The van der Waals surface area contributed by atoms with Gasteiger partial charge in [-0.05, 0) is 47.0 Å². The lowest BCUT2D eigenvalue weighted by Gasteiger charge is -2.15. The summed E-state index contributed by atoms with van der Waals surface area (Å²) in [4.78, 5) is 11.2. The highest BCUT2D eigenvalue weighted by Gasteiger charge is 2.28. The van der Waals surface area contributed by atoms with Gasteiger partial charge in [-0.15, -0.1) is 0 Å². The fourth-order valence-corrected chi connectivity index (χ4v) is 4.05. The molecule has 3 nitrogen and oxygen atoms in total. The summed E-state index contributed by atoms with van der Waals surface area (Å²) in [6.07, 6.45) is 5.25. The van der Waals surface area contributed by atoms with E-state index in [1.165, 1.54) is 6.42 Å². The first-order chi connectivity index (χ1) is 8.11. The van der Waals surface area contributed by atoms with E-state index in [1.54, 1.807) is 6.07 Å². The largest absolute Gasteiger partial charge is 0.477 e. The molecule has 1 aromatic rings. The molecule has 0 amide bonds. The number of halogens is 1. The summed E-state index contributed by atoms with van der Waals surface area (Å²) in [7, 11) is 0. The highest BCUT2D eigenvalue weighted by Crippen LogP contribution is 2.38. The van der Waals surface area contributed by atoms with Gasteiger partial charge in [0.25, 0.3) is 0 Å². The zero-order chi connectivity index (χ0) is 12.4. The van der Waals surface area contributed by atoms with E-state index in [-0.39, 0.29) is 0 Å². The third kappa shape index (κ3) is 2.88. The molecule has 1 saturated carbocycles. The highest BCUT2D eigenvalue weighted by molar-refractivity contribution is 9.10. The first-order valence-electron chi connectivity index (χ1n) is 5.84. The predicted molar refractivity (Wildman–Crippen MR) is 73.9 cm³/mol. The Kier molecular flexibility index (Phi) is 4.20.